The second-order valence-electron chi connectivity index (χ2n) is 4.06. The molecule has 0 unspecified atom stereocenters. The number of hydrogen-bond acceptors (Lipinski definition) is 2. The second kappa shape index (κ2) is 3.89. The van der Waals surface area contributed by atoms with Crippen LogP contribution in [-0.4, -0.2) is 0 Å². The summed E-state index contributed by atoms with van der Waals surface area (Å²) in [5, 5.41) is 0. The van der Waals surface area contributed by atoms with Gasteiger partial charge in [-0.25, -0.2) is 0 Å². The zero-order chi connectivity index (χ0) is 11.7. The number of rotatable bonds is 1. The maximum absolute atomic E-state index is 6.03. The molecule has 0 aliphatic carbocycles. The van der Waals surface area contributed by atoms with Crippen LogP contribution in [0.3, 0.4) is 0 Å². The Morgan fingerprint density at radius 2 is 1.50 bits per heavy atom. The molecule has 0 aliphatic heterocycles. The number of nitrogens with two attached hydrogens (primary N) is 2. The van der Waals surface area contributed by atoms with Crippen molar-refractivity contribution in [2.24, 2.45) is 0 Å². The summed E-state index contributed by atoms with van der Waals surface area (Å²) in [6.45, 7) is 4.05. The first kappa shape index (κ1) is 10.6. The van der Waals surface area contributed by atoms with Crippen molar-refractivity contribution >= 4 is 11.4 Å². The summed E-state index contributed by atoms with van der Waals surface area (Å²) in [6, 6.07) is 12.0. The molecule has 0 spiro atoms. The van der Waals surface area contributed by atoms with Gasteiger partial charge >= 0.3 is 0 Å². The fraction of sp³-hybridized carbons (Fsp3) is 0.143. The van der Waals surface area contributed by atoms with E-state index in [1.165, 1.54) is 0 Å². The third kappa shape index (κ3) is 1.63. The minimum absolute atomic E-state index is 0.786. The number of nitrogen functional groups attached to an aromatic ring is 2. The van der Waals surface area contributed by atoms with E-state index in [0.29, 0.717) is 0 Å². The van der Waals surface area contributed by atoms with Crippen molar-refractivity contribution in [3.05, 3.63) is 47.5 Å². The molecule has 2 nitrogen and oxygen atoms in total. The average molecular weight is 212 g/mol. The lowest BCUT2D eigenvalue weighted by molar-refractivity contribution is 1.38. The summed E-state index contributed by atoms with van der Waals surface area (Å²) in [4.78, 5) is 0. The van der Waals surface area contributed by atoms with Crippen LogP contribution < -0.4 is 11.5 Å². The van der Waals surface area contributed by atoms with Crippen molar-refractivity contribution in [3.8, 4) is 11.1 Å². The van der Waals surface area contributed by atoms with Gasteiger partial charge in [0.25, 0.3) is 0 Å². The highest BCUT2D eigenvalue weighted by atomic mass is 14.6. The summed E-state index contributed by atoms with van der Waals surface area (Å²) in [6.07, 6.45) is 0. The third-order valence-electron chi connectivity index (χ3n) is 2.98. The van der Waals surface area contributed by atoms with E-state index in [0.717, 1.165) is 33.6 Å². The molecule has 2 rings (SSSR count). The van der Waals surface area contributed by atoms with Crippen molar-refractivity contribution in [1.29, 1.82) is 0 Å². The molecule has 0 aliphatic rings. The number of benzene rings is 2. The SMILES string of the molecule is Cc1ccc(-c2ccccc2N)c(C)c1N. The lowest BCUT2D eigenvalue weighted by atomic mass is 9.96. The van der Waals surface area contributed by atoms with Gasteiger partial charge in [0.05, 0.1) is 0 Å². The van der Waals surface area contributed by atoms with E-state index in [1.807, 2.05) is 44.2 Å². The van der Waals surface area contributed by atoms with Crippen LogP contribution in [0.15, 0.2) is 36.4 Å². The van der Waals surface area contributed by atoms with Gasteiger partial charge in [-0.05, 0) is 36.6 Å². The van der Waals surface area contributed by atoms with Crippen molar-refractivity contribution in [1.82, 2.24) is 0 Å². The first-order valence-corrected chi connectivity index (χ1v) is 5.32. The fourth-order valence-corrected chi connectivity index (χ4v) is 1.90. The molecular weight excluding hydrogens is 196 g/mol. The molecule has 0 saturated heterocycles. The fourth-order valence-electron chi connectivity index (χ4n) is 1.90. The predicted molar refractivity (Wildman–Crippen MR) is 70.2 cm³/mol. The maximum Gasteiger partial charge on any atom is 0.0393 e. The maximum atomic E-state index is 6.03. The molecule has 0 saturated carbocycles. The van der Waals surface area contributed by atoms with Gasteiger partial charge in [-0.3, -0.25) is 0 Å². The smallest absolute Gasteiger partial charge is 0.0393 e. The summed E-state index contributed by atoms with van der Waals surface area (Å²) in [7, 11) is 0. The minimum atomic E-state index is 0.786. The lowest BCUT2D eigenvalue weighted by Gasteiger charge is -2.12. The highest BCUT2D eigenvalue weighted by Crippen LogP contribution is 2.32. The van der Waals surface area contributed by atoms with E-state index >= 15 is 0 Å². The topological polar surface area (TPSA) is 52.0 Å². The van der Waals surface area contributed by atoms with Gasteiger partial charge in [0.15, 0.2) is 0 Å². The van der Waals surface area contributed by atoms with Crippen molar-refractivity contribution in [2.75, 3.05) is 11.5 Å². The Balaban J connectivity index is 2.66. The molecule has 0 bridgehead atoms. The van der Waals surface area contributed by atoms with Crippen LogP contribution in [0.1, 0.15) is 11.1 Å². The van der Waals surface area contributed by atoms with E-state index in [1.54, 1.807) is 0 Å². The summed E-state index contributed by atoms with van der Waals surface area (Å²) >= 11 is 0. The normalized spacial score (nSPS) is 10.4. The van der Waals surface area contributed by atoms with Crippen LogP contribution in [0.25, 0.3) is 11.1 Å². The molecule has 2 aromatic carbocycles. The standard InChI is InChI=1S/C14H16N2/c1-9-7-8-11(10(2)14(9)16)12-5-3-4-6-13(12)15/h3-8H,15-16H2,1-2H3. The number of anilines is 2. The molecule has 2 heteroatoms. The van der Waals surface area contributed by atoms with E-state index in [2.05, 4.69) is 6.07 Å². The monoisotopic (exact) mass is 212 g/mol. The third-order valence-corrected chi connectivity index (χ3v) is 2.98. The number of para-hydroxylation sites is 1. The summed E-state index contributed by atoms with van der Waals surface area (Å²) in [5.41, 5.74) is 18.0. The Labute approximate surface area is 95.9 Å². The largest absolute Gasteiger partial charge is 0.398 e. The van der Waals surface area contributed by atoms with Crippen molar-refractivity contribution < 1.29 is 0 Å². The van der Waals surface area contributed by atoms with E-state index in [-0.39, 0.29) is 0 Å². The molecular formula is C14H16N2. The van der Waals surface area contributed by atoms with Crippen LogP contribution in [0.5, 0.6) is 0 Å². The van der Waals surface area contributed by atoms with Gasteiger partial charge < -0.3 is 11.5 Å². The van der Waals surface area contributed by atoms with Gasteiger partial charge in [0.1, 0.15) is 0 Å². The average Bonchev–Trinajstić information content (AvgIpc) is 2.28. The van der Waals surface area contributed by atoms with Crippen LogP contribution >= 0.6 is 0 Å². The van der Waals surface area contributed by atoms with Crippen LogP contribution in [0, 0.1) is 13.8 Å². The zero-order valence-electron chi connectivity index (χ0n) is 9.62. The molecule has 4 N–H and O–H groups in total. The van der Waals surface area contributed by atoms with Gasteiger partial charge in [-0.15, -0.1) is 0 Å². The van der Waals surface area contributed by atoms with Crippen molar-refractivity contribution in [2.45, 2.75) is 13.8 Å². The summed E-state index contributed by atoms with van der Waals surface area (Å²) < 4.78 is 0. The Kier molecular flexibility index (Phi) is 2.57. The molecule has 82 valence electrons. The van der Waals surface area contributed by atoms with Gasteiger partial charge in [-0.2, -0.15) is 0 Å². The number of hydrogen-bond donors (Lipinski definition) is 2. The molecule has 2 aromatic rings. The van der Waals surface area contributed by atoms with E-state index in [9.17, 15) is 0 Å². The Morgan fingerprint density at radius 3 is 2.19 bits per heavy atom. The highest BCUT2D eigenvalue weighted by Gasteiger charge is 2.08. The first-order chi connectivity index (χ1) is 7.61. The Morgan fingerprint density at radius 1 is 0.812 bits per heavy atom. The number of aryl methyl sites for hydroxylation is 1. The van der Waals surface area contributed by atoms with Crippen LogP contribution in [0.2, 0.25) is 0 Å². The molecule has 0 amide bonds. The quantitative estimate of drug-likeness (QED) is 0.713. The molecule has 0 aromatic heterocycles. The second-order valence-corrected chi connectivity index (χ2v) is 4.06. The predicted octanol–water partition coefficient (Wildman–Crippen LogP) is 3.13. The molecule has 0 fully saturated rings. The van der Waals surface area contributed by atoms with Gasteiger partial charge in [0.2, 0.25) is 0 Å². The molecule has 0 radical (unpaired) electrons. The van der Waals surface area contributed by atoms with Gasteiger partial charge in [0, 0.05) is 16.9 Å². The Bertz CT molecular complexity index is 530. The van der Waals surface area contributed by atoms with Crippen molar-refractivity contribution in [3.63, 3.8) is 0 Å². The summed E-state index contributed by atoms with van der Waals surface area (Å²) in [5.74, 6) is 0. The van der Waals surface area contributed by atoms with Crippen LogP contribution in [-0.2, 0) is 0 Å². The Hall–Kier alpha value is -1.96. The molecule has 0 heterocycles. The van der Waals surface area contributed by atoms with E-state index in [4.69, 9.17) is 11.5 Å². The highest BCUT2D eigenvalue weighted by molar-refractivity contribution is 5.81. The molecule has 0 atom stereocenters. The zero-order valence-corrected chi connectivity index (χ0v) is 9.62. The van der Waals surface area contributed by atoms with E-state index < -0.39 is 0 Å². The lowest BCUT2D eigenvalue weighted by Crippen LogP contribution is -1.97. The first-order valence-electron chi connectivity index (χ1n) is 5.32. The minimum Gasteiger partial charge on any atom is -0.398 e. The van der Waals surface area contributed by atoms with Gasteiger partial charge in [-0.1, -0.05) is 30.3 Å². The van der Waals surface area contributed by atoms with Crippen LogP contribution in [0.4, 0.5) is 11.4 Å². The molecule has 16 heavy (non-hydrogen) atoms.